The van der Waals surface area contributed by atoms with Crippen molar-refractivity contribution in [1.29, 1.82) is 0 Å². The number of hydrogen-bond acceptors (Lipinski definition) is 6. The average molecular weight is 847 g/mol. The van der Waals surface area contributed by atoms with Crippen LogP contribution in [0.3, 0.4) is 0 Å². The van der Waals surface area contributed by atoms with Crippen molar-refractivity contribution >= 4 is 17.9 Å². The van der Waals surface area contributed by atoms with Gasteiger partial charge >= 0.3 is 17.9 Å². The Balaban J connectivity index is 4.49. The molecule has 1 unspecified atom stereocenters. The third-order valence-corrected chi connectivity index (χ3v) is 10.2. The van der Waals surface area contributed by atoms with E-state index in [1.807, 2.05) is 60.8 Å². The lowest BCUT2D eigenvalue weighted by atomic mass is 10.0. The van der Waals surface area contributed by atoms with Gasteiger partial charge in [-0.15, -0.1) is 0 Å². The molecule has 0 aliphatic rings. The number of esters is 3. The van der Waals surface area contributed by atoms with Gasteiger partial charge in [-0.3, -0.25) is 14.4 Å². The van der Waals surface area contributed by atoms with Crippen molar-refractivity contribution in [2.45, 2.75) is 219 Å². The standard InChI is InChI=1S/C55H90O6/c1-4-7-10-13-16-19-22-25-27-28-29-31-33-36-39-42-45-48-54(57)60-51-52(50-59-53(56)47-44-41-38-35-32-24-21-18-15-12-9-6-3)61-55(58)49-46-43-40-37-34-30-26-23-20-17-14-11-8-5-2/h7,9-10,12-13,16,18-19,21-22,25,27-29,31,33,52H,4-6,8,11,14-15,17,20,23-24,26,30,32,34-51H2,1-3H3/b10-7-,12-9-,16-13-,21-18-,22-19-,27-25-,29-28+,33-31-. The van der Waals surface area contributed by atoms with Crippen LogP contribution in [0.25, 0.3) is 0 Å². The minimum atomic E-state index is -0.800. The van der Waals surface area contributed by atoms with Crippen LogP contribution >= 0.6 is 0 Å². The van der Waals surface area contributed by atoms with Gasteiger partial charge in [0, 0.05) is 19.3 Å². The summed E-state index contributed by atoms with van der Waals surface area (Å²) in [5, 5.41) is 0. The van der Waals surface area contributed by atoms with E-state index in [0.29, 0.717) is 19.3 Å². The molecule has 0 amide bonds. The number of allylic oxidation sites excluding steroid dienone is 16. The van der Waals surface area contributed by atoms with E-state index in [0.717, 1.165) is 103 Å². The maximum absolute atomic E-state index is 12.8. The topological polar surface area (TPSA) is 78.9 Å². The Kier molecular flexibility index (Phi) is 46.0. The molecule has 61 heavy (non-hydrogen) atoms. The summed E-state index contributed by atoms with van der Waals surface area (Å²) in [5.41, 5.74) is 0. The van der Waals surface area contributed by atoms with Crippen molar-refractivity contribution in [1.82, 2.24) is 0 Å². The van der Waals surface area contributed by atoms with E-state index in [4.69, 9.17) is 14.2 Å². The SMILES string of the molecule is CC\C=C/C=C\C=C/C=C\C=C\C=C/CCCCCC(=O)OCC(COC(=O)CCCCCCC/C=C\C/C=C\CC)OC(=O)CCCCCCCCCCCCCCCC. The highest BCUT2D eigenvalue weighted by molar-refractivity contribution is 5.71. The lowest BCUT2D eigenvalue weighted by Gasteiger charge is -2.18. The van der Waals surface area contributed by atoms with E-state index >= 15 is 0 Å². The summed E-state index contributed by atoms with van der Waals surface area (Å²) in [7, 11) is 0. The first-order valence-corrected chi connectivity index (χ1v) is 24.8. The molecule has 0 aromatic heterocycles. The molecular formula is C55H90O6. The fourth-order valence-electron chi connectivity index (χ4n) is 6.57. The molecule has 0 saturated carbocycles. The zero-order chi connectivity index (χ0) is 44.4. The van der Waals surface area contributed by atoms with Crippen LogP contribution in [0, 0.1) is 0 Å². The van der Waals surface area contributed by atoms with Crippen molar-refractivity contribution in [2.24, 2.45) is 0 Å². The minimum absolute atomic E-state index is 0.0993. The molecule has 0 radical (unpaired) electrons. The molecule has 0 aromatic rings. The third-order valence-electron chi connectivity index (χ3n) is 10.2. The summed E-state index contributed by atoms with van der Waals surface area (Å²) >= 11 is 0. The normalized spacial score (nSPS) is 12.9. The zero-order valence-corrected chi connectivity index (χ0v) is 39.4. The predicted molar refractivity (Wildman–Crippen MR) is 260 cm³/mol. The molecule has 0 saturated heterocycles. The molecule has 0 fully saturated rings. The van der Waals surface area contributed by atoms with Gasteiger partial charge in [0.1, 0.15) is 13.2 Å². The second kappa shape index (κ2) is 49.0. The maximum Gasteiger partial charge on any atom is 0.306 e. The lowest BCUT2D eigenvalue weighted by Crippen LogP contribution is -2.30. The van der Waals surface area contributed by atoms with Crippen molar-refractivity contribution in [2.75, 3.05) is 13.2 Å². The predicted octanol–water partition coefficient (Wildman–Crippen LogP) is 16.2. The zero-order valence-electron chi connectivity index (χ0n) is 39.4. The van der Waals surface area contributed by atoms with E-state index in [2.05, 4.69) is 57.2 Å². The molecule has 0 heterocycles. The number of ether oxygens (including phenoxy) is 3. The van der Waals surface area contributed by atoms with Crippen LogP contribution in [-0.2, 0) is 28.6 Å². The first-order chi connectivity index (χ1) is 30.0. The third kappa shape index (κ3) is 47.2. The first kappa shape index (κ1) is 57.3. The van der Waals surface area contributed by atoms with Crippen molar-refractivity contribution < 1.29 is 28.6 Å². The molecule has 0 aliphatic heterocycles. The van der Waals surface area contributed by atoms with Gasteiger partial charge in [0.25, 0.3) is 0 Å². The van der Waals surface area contributed by atoms with Crippen LogP contribution in [0.1, 0.15) is 213 Å². The van der Waals surface area contributed by atoms with E-state index in [1.165, 1.54) is 70.6 Å². The van der Waals surface area contributed by atoms with E-state index in [9.17, 15) is 14.4 Å². The fraction of sp³-hybridized carbons (Fsp3) is 0.655. The van der Waals surface area contributed by atoms with Crippen LogP contribution in [0.5, 0.6) is 0 Å². The van der Waals surface area contributed by atoms with Gasteiger partial charge in [0.2, 0.25) is 0 Å². The quantitative estimate of drug-likeness (QED) is 0.0200. The molecule has 6 nitrogen and oxygen atoms in total. The number of hydrogen-bond donors (Lipinski definition) is 0. The van der Waals surface area contributed by atoms with E-state index < -0.39 is 6.10 Å². The average Bonchev–Trinajstić information content (AvgIpc) is 3.26. The Labute approximate surface area is 375 Å². The number of rotatable bonds is 43. The largest absolute Gasteiger partial charge is 0.462 e. The Morgan fingerprint density at radius 3 is 1.20 bits per heavy atom. The number of unbranched alkanes of at least 4 members (excludes halogenated alkanes) is 21. The first-order valence-electron chi connectivity index (χ1n) is 24.8. The van der Waals surface area contributed by atoms with Crippen LogP contribution in [0.15, 0.2) is 97.2 Å². The molecule has 0 aliphatic carbocycles. The molecule has 0 bridgehead atoms. The monoisotopic (exact) mass is 847 g/mol. The highest BCUT2D eigenvalue weighted by atomic mass is 16.6. The summed E-state index contributed by atoms with van der Waals surface area (Å²) in [6, 6.07) is 0. The Hall–Kier alpha value is -3.67. The maximum atomic E-state index is 12.8. The molecule has 346 valence electrons. The molecule has 6 heteroatoms. The van der Waals surface area contributed by atoms with Gasteiger partial charge in [0.15, 0.2) is 6.10 Å². The van der Waals surface area contributed by atoms with Crippen molar-refractivity contribution in [3.63, 3.8) is 0 Å². The summed E-state index contributed by atoms with van der Waals surface area (Å²) in [6.45, 7) is 6.32. The number of carbonyl (C=O) groups is 3. The summed E-state index contributed by atoms with van der Waals surface area (Å²) in [4.78, 5) is 37.9. The Morgan fingerprint density at radius 2 is 0.721 bits per heavy atom. The van der Waals surface area contributed by atoms with Crippen LogP contribution < -0.4 is 0 Å². The van der Waals surface area contributed by atoms with Gasteiger partial charge in [-0.25, -0.2) is 0 Å². The molecule has 0 N–H and O–H groups in total. The van der Waals surface area contributed by atoms with Crippen LogP contribution in [-0.4, -0.2) is 37.2 Å². The summed E-state index contributed by atoms with van der Waals surface area (Å²) in [5.74, 6) is -0.960. The minimum Gasteiger partial charge on any atom is -0.462 e. The van der Waals surface area contributed by atoms with E-state index in [-0.39, 0.29) is 31.1 Å². The number of carbonyl (C=O) groups excluding carboxylic acids is 3. The fourth-order valence-corrected chi connectivity index (χ4v) is 6.57. The van der Waals surface area contributed by atoms with Gasteiger partial charge in [0.05, 0.1) is 0 Å². The van der Waals surface area contributed by atoms with Crippen molar-refractivity contribution in [3.8, 4) is 0 Å². The second-order valence-electron chi connectivity index (χ2n) is 16.1. The Morgan fingerprint density at radius 1 is 0.361 bits per heavy atom. The smallest absolute Gasteiger partial charge is 0.306 e. The highest BCUT2D eigenvalue weighted by Crippen LogP contribution is 2.15. The molecular weight excluding hydrogens is 757 g/mol. The Bertz CT molecular complexity index is 1250. The van der Waals surface area contributed by atoms with Gasteiger partial charge in [-0.1, -0.05) is 227 Å². The van der Waals surface area contributed by atoms with Gasteiger partial charge in [-0.2, -0.15) is 0 Å². The van der Waals surface area contributed by atoms with Crippen LogP contribution in [0.4, 0.5) is 0 Å². The van der Waals surface area contributed by atoms with E-state index in [1.54, 1.807) is 0 Å². The van der Waals surface area contributed by atoms with Gasteiger partial charge in [-0.05, 0) is 64.2 Å². The van der Waals surface area contributed by atoms with Gasteiger partial charge < -0.3 is 14.2 Å². The highest BCUT2D eigenvalue weighted by Gasteiger charge is 2.19. The molecule has 0 aromatic carbocycles. The molecule has 0 rings (SSSR count). The van der Waals surface area contributed by atoms with Crippen molar-refractivity contribution in [3.05, 3.63) is 97.2 Å². The molecule has 1 atom stereocenters. The summed E-state index contributed by atoms with van der Waals surface area (Å²) < 4.78 is 16.7. The molecule has 0 spiro atoms. The van der Waals surface area contributed by atoms with Crippen LogP contribution in [0.2, 0.25) is 0 Å². The summed E-state index contributed by atoms with van der Waals surface area (Å²) in [6.07, 6.45) is 63.8. The second-order valence-corrected chi connectivity index (χ2v) is 16.1. The lowest BCUT2D eigenvalue weighted by molar-refractivity contribution is -0.167.